The number of halogens is 3. The average Bonchev–Trinajstić information content (AvgIpc) is 2.93. The van der Waals surface area contributed by atoms with Crippen molar-refractivity contribution in [2.24, 2.45) is 0 Å². The molecule has 1 aromatic carbocycles. The molecule has 0 spiro atoms. The highest BCUT2D eigenvalue weighted by molar-refractivity contribution is 8.14. The van der Waals surface area contributed by atoms with E-state index in [9.17, 15) is 27.6 Å². The normalized spacial score (nSPS) is 24.0. The summed E-state index contributed by atoms with van der Waals surface area (Å²) >= 11 is 0.906. The summed E-state index contributed by atoms with van der Waals surface area (Å²) in [7, 11) is 0. The van der Waals surface area contributed by atoms with E-state index in [1.165, 1.54) is 12.1 Å². The molecule has 9 heteroatoms. The molecule has 1 saturated carbocycles. The fourth-order valence-electron chi connectivity index (χ4n) is 3.45. The SMILES string of the molecule is O=C(N[C@@H]1CCCC[C@H]1N1C(=O)CSC1=O)c1ccccc1C(F)(F)F. The summed E-state index contributed by atoms with van der Waals surface area (Å²) in [6.45, 7) is 0. The maximum absolute atomic E-state index is 13.1. The van der Waals surface area contributed by atoms with E-state index in [4.69, 9.17) is 0 Å². The maximum atomic E-state index is 13.1. The Bertz CT molecular complexity index is 722. The summed E-state index contributed by atoms with van der Waals surface area (Å²) in [5.41, 5.74) is -1.47. The minimum atomic E-state index is -4.64. The quantitative estimate of drug-likeness (QED) is 0.864. The zero-order valence-corrected chi connectivity index (χ0v) is 14.5. The number of nitrogens with zero attached hydrogens (tertiary/aromatic N) is 1. The first-order chi connectivity index (χ1) is 12.3. The lowest BCUT2D eigenvalue weighted by Gasteiger charge is -2.36. The maximum Gasteiger partial charge on any atom is 0.417 e. The molecular weight excluding hydrogens is 369 g/mol. The number of carbonyl (C=O) groups excluding carboxylic acids is 3. The first-order valence-corrected chi connectivity index (χ1v) is 9.23. The molecule has 1 saturated heterocycles. The molecular formula is C17H17F3N2O3S. The average molecular weight is 386 g/mol. The molecule has 0 unspecified atom stereocenters. The largest absolute Gasteiger partial charge is 0.417 e. The van der Waals surface area contributed by atoms with Crippen LogP contribution in [0, 0.1) is 0 Å². The molecule has 2 fully saturated rings. The van der Waals surface area contributed by atoms with E-state index in [0.717, 1.165) is 41.6 Å². The second kappa shape index (κ2) is 7.30. The Hall–Kier alpha value is -2.03. The Kier molecular flexibility index (Phi) is 5.27. The van der Waals surface area contributed by atoms with E-state index in [1.807, 2.05) is 0 Å². The third kappa shape index (κ3) is 3.72. The fraction of sp³-hybridized carbons (Fsp3) is 0.471. The van der Waals surface area contributed by atoms with E-state index in [-0.39, 0.29) is 16.9 Å². The first-order valence-electron chi connectivity index (χ1n) is 8.25. The lowest BCUT2D eigenvalue weighted by molar-refractivity contribution is -0.138. The van der Waals surface area contributed by atoms with Crippen molar-refractivity contribution in [2.45, 2.75) is 43.9 Å². The zero-order valence-electron chi connectivity index (χ0n) is 13.7. The van der Waals surface area contributed by atoms with Gasteiger partial charge in [-0.05, 0) is 25.0 Å². The molecule has 3 rings (SSSR count). The predicted molar refractivity (Wildman–Crippen MR) is 89.7 cm³/mol. The van der Waals surface area contributed by atoms with Crippen LogP contribution in [-0.4, -0.2) is 39.8 Å². The second-order valence-corrected chi connectivity index (χ2v) is 7.22. The van der Waals surface area contributed by atoms with E-state index >= 15 is 0 Å². The number of benzene rings is 1. The van der Waals surface area contributed by atoms with Gasteiger partial charge in [0.05, 0.1) is 29.0 Å². The van der Waals surface area contributed by atoms with Crippen molar-refractivity contribution >= 4 is 28.8 Å². The van der Waals surface area contributed by atoms with Gasteiger partial charge < -0.3 is 5.32 Å². The number of hydrogen-bond acceptors (Lipinski definition) is 4. The number of rotatable bonds is 3. The van der Waals surface area contributed by atoms with Crippen LogP contribution in [0.25, 0.3) is 0 Å². The van der Waals surface area contributed by atoms with E-state index in [0.29, 0.717) is 12.8 Å². The van der Waals surface area contributed by atoms with Crippen molar-refractivity contribution in [1.29, 1.82) is 0 Å². The Morgan fingerprint density at radius 3 is 2.50 bits per heavy atom. The van der Waals surface area contributed by atoms with E-state index < -0.39 is 35.3 Å². The van der Waals surface area contributed by atoms with Gasteiger partial charge in [0.2, 0.25) is 5.91 Å². The predicted octanol–water partition coefficient (Wildman–Crippen LogP) is 3.44. The lowest BCUT2D eigenvalue weighted by Crippen LogP contribution is -2.54. The minimum absolute atomic E-state index is 0.0624. The van der Waals surface area contributed by atoms with Gasteiger partial charge in [0.25, 0.3) is 11.1 Å². The Labute approximate surface area is 152 Å². The van der Waals surface area contributed by atoms with Crippen LogP contribution in [0.4, 0.5) is 18.0 Å². The molecule has 1 aliphatic carbocycles. The van der Waals surface area contributed by atoms with Crippen molar-refractivity contribution in [3.63, 3.8) is 0 Å². The Morgan fingerprint density at radius 2 is 1.85 bits per heavy atom. The number of nitrogens with one attached hydrogen (secondary N) is 1. The van der Waals surface area contributed by atoms with Crippen LogP contribution >= 0.6 is 11.8 Å². The van der Waals surface area contributed by atoms with Crippen molar-refractivity contribution in [3.8, 4) is 0 Å². The van der Waals surface area contributed by atoms with Gasteiger partial charge in [0.1, 0.15) is 0 Å². The standard InChI is InChI=1S/C17H17F3N2O3S/c18-17(19,20)11-6-2-1-5-10(11)15(24)21-12-7-3-4-8-13(12)22-14(23)9-26-16(22)25/h1-2,5-6,12-13H,3-4,7-9H2,(H,21,24)/t12-,13-/m1/s1. The summed E-state index contributed by atoms with van der Waals surface area (Å²) in [6, 6.07) is 3.51. The molecule has 0 radical (unpaired) electrons. The molecule has 1 aliphatic heterocycles. The van der Waals surface area contributed by atoms with Crippen molar-refractivity contribution < 1.29 is 27.6 Å². The monoisotopic (exact) mass is 386 g/mol. The molecule has 3 amide bonds. The molecule has 26 heavy (non-hydrogen) atoms. The van der Waals surface area contributed by atoms with Crippen molar-refractivity contribution in [1.82, 2.24) is 10.2 Å². The molecule has 5 nitrogen and oxygen atoms in total. The van der Waals surface area contributed by atoms with Crippen LogP contribution in [-0.2, 0) is 11.0 Å². The molecule has 0 bridgehead atoms. The third-order valence-corrected chi connectivity index (χ3v) is 5.47. The van der Waals surface area contributed by atoms with Crippen molar-refractivity contribution in [2.75, 3.05) is 5.75 Å². The van der Waals surface area contributed by atoms with Gasteiger partial charge in [-0.25, -0.2) is 0 Å². The highest BCUT2D eigenvalue weighted by Gasteiger charge is 2.42. The number of imide groups is 1. The lowest BCUT2D eigenvalue weighted by atomic mass is 9.89. The molecule has 0 aromatic heterocycles. The fourth-order valence-corrected chi connectivity index (χ4v) is 4.21. The summed E-state index contributed by atoms with van der Waals surface area (Å²) in [6.07, 6.45) is -2.04. The van der Waals surface area contributed by atoms with Gasteiger partial charge in [-0.1, -0.05) is 36.7 Å². The Balaban J connectivity index is 1.82. The van der Waals surface area contributed by atoms with Gasteiger partial charge >= 0.3 is 6.18 Å². The summed E-state index contributed by atoms with van der Waals surface area (Å²) < 4.78 is 39.4. The number of hydrogen-bond donors (Lipinski definition) is 1. The van der Waals surface area contributed by atoms with Crippen LogP contribution in [0.15, 0.2) is 24.3 Å². The minimum Gasteiger partial charge on any atom is -0.347 e. The van der Waals surface area contributed by atoms with E-state index in [1.54, 1.807) is 0 Å². The third-order valence-electron chi connectivity index (χ3n) is 4.64. The zero-order chi connectivity index (χ0) is 18.9. The number of carbonyl (C=O) groups is 3. The highest BCUT2D eigenvalue weighted by atomic mass is 32.2. The van der Waals surface area contributed by atoms with Crippen LogP contribution < -0.4 is 5.32 Å². The summed E-state index contributed by atoms with van der Waals surface area (Å²) in [5.74, 6) is -1.10. The molecule has 1 heterocycles. The smallest absolute Gasteiger partial charge is 0.347 e. The van der Waals surface area contributed by atoms with Crippen LogP contribution in [0.1, 0.15) is 41.6 Å². The topological polar surface area (TPSA) is 66.5 Å². The molecule has 2 aliphatic rings. The summed E-state index contributed by atoms with van der Waals surface area (Å²) in [5, 5.41) is 2.26. The molecule has 1 aromatic rings. The van der Waals surface area contributed by atoms with Crippen molar-refractivity contribution in [3.05, 3.63) is 35.4 Å². The van der Waals surface area contributed by atoms with Gasteiger partial charge in [0, 0.05) is 0 Å². The second-order valence-electron chi connectivity index (χ2n) is 6.29. The molecule has 2 atom stereocenters. The molecule has 1 N–H and O–H groups in total. The van der Waals surface area contributed by atoms with Crippen LogP contribution in [0.5, 0.6) is 0 Å². The number of alkyl halides is 3. The van der Waals surface area contributed by atoms with E-state index in [2.05, 4.69) is 5.32 Å². The number of thioether (sulfide) groups is 1. The highest BCUT2D eigenvalue weighted by Crippen LogP contribution is 2.33. The Morgan fingerprint density at radius 1 is 1.15 bits per heavy atom. The molecule has 140 valence electrons. The van der Waals surface area contributed by atoms with Gasteiger partial charge in [0.15, 0.2) is 0 Å². The van der Waals surface area contributed by atoms with Gasteiger partial charge in [-0.3, -0.25) is 19.3 Å². The van der Waals surface area contributed by atoms with Gasteiger partial charge in [-0.15, -0.1) is 0 Å². The summed E-state index contributed by atoms with van der Waals surface area (Å²) in [4.78, 5) is 37.6. The van der Waals surface area contributed by atoms with Gasteiger partial charge in [-0.2, -0.15) is 13.2 Å². The van der Waals surface area contributed by atoms with Crippen LogP contribution in [0.2, 0.25) is 0 Å². The van der Waals surface area contributed by atoms with Crippen LogP contribution in [0.3, 0.4) is 0 Å². The number of amides is 3. The first kappa shape index (κ1) is 18.8.